The summed E-state index contributed by atoms with van der Waals surface area (Å²) in [4.78, 5) is 102. The predicted octanol–water partition coefficient (Wildman–Crippen LogP) is 3.17. The van der Waals surface area contributed by atoms with E-state index in [9.17, 15) is 38.4 Å². The average Bonchev–Trinajstić information content (AvgIpc) is 3.25. The molecule has 2 aliphatic rings. The Bertz CT molecular complexity index is 1680. The molecular formula is C47H77NO21. The molecule has 0 N–H and O–H groups in total. The van der Waals surface area contributed by atoms with Crippen molar-refractivity contribution in [2.75, 3.05) is 35.4 Å². The highest BCUT2D eigenvalue weighted by molar-refractivity contribution is 5.73. The van der Waals surface area contributed by atoms with Gasteiger partial charge in [-0.15, -0.1) is 0 Å². The summed E-state index contributed by atoms with van der Waals surface area (Å²) in [6, 6.07) is -0.881. The summed E-state index contributed by atoms with van der Waals surface area (Å²) in [5, 5.41) is 0. The van der Waals surface area contributed by atoms with Gasteiger partial charge in [-0.05, 0) is 54.1 Å². The third-order valence-corrected chi connectivity index (χ3v) is 12.0. The zero-order valence-electron chi connectivity index (χ0n) is 42.9. The van der Waals surface area contributed by atoms with E-state index in [0.29, 0.717) is 12.6 Å². The van der Waals surface area contributed by atoms with Crippen LogP contribution in [0.2, 0.25) is 0 Å². The molecule has 2 saturated heterocycles. The molecule has 0 saturated carbocycles. The first-order valence-corrected chi connectivity index (χ1v) is 23.3. The molecule has 2 fully saturated rings. The van der Waals surface area contributed by atoms with Gasteiger partial charge in [0.05, 0.1) is 30.8 Å². The minimum atomic E-state index is -1.48. The highest BCUT2D eigenvalue weighted by Gasteiger charge is 2.56. The van der Waals surface area contributed by atoms with E-state index in [0.717, 1.165) is 6.92 Å². The number of hydrogen-bond donors (Lipinski definition) is 0. The summed E-state index contributed by atoms with van der Waals surface area (Å²) in [5.41, 5.74) is -1.39. The molecule has 0 bridgehead atoms. The maximum Gasteiger partial charge on any atom is 0.309 e. The van der Waals surface area contributed by atoms with E-state index in [-0.39, 0.29) is 38.5 Å². The molecule has 22 nitrogen and oxygen atoms in total. The Hall–Kier alpha value is -4.16. The maximum atomic E-state index is 13.5. The van der Waals surface area contributed by atoms with E-state index in [4.69, 9.17) is 61.6 Å². The van der Waals surface area contributed by atoms with Gasteiger partial charge in [0.15, 0.2) is 49.1 Å². The van der Waals surface area contributed by atoms with Crippen molar-refractivity contribution in [2.24, 2.45) is 11.8 Å². The van der Waals surface area contributed by atoms with Gasteiger partial charge >= 0.3 is 35.8 Å². The molecule has 22 heteroatoms. The number of aldehydes is 2. The molecule has 0 aromatic heterocycles. The summed E-state index contributed by atoms with van der Waals surface area (Å²) in [7, 11) is 7.54. The number of rotatable bonds is 29. The van der Waals surface area contributed by atoms with E-state index in [1.807, 2.05) is 0 Å². The van der Waals surface area contributed by atoms with Crippen molar-refractivity contribution in [3.63, 3.8) is 0 Å². The first kappa shape index (κ1) is 61.0. The Morgan fingerprint density at radius 2 is 1.39 bits per heavy atom. The van der Waals surface area contributed by atoms with Gasteiger partial charge in [-0.1, -0.05) is 20.8 Å². The highest BCUT2D eigenvalue weighted by Crippen LogP contribution is 2.40. The van der Waals surface area contributed by atoms with E-state index >= 15 is 0 Å². The molecule has 0 aromatic rings. The van der Waals surface area contributed by atoms with Gasteiger partial charge in [-0.2, -0.15) is 0 Å². The van der Waals surface area contributed by atoms with Gasteiger partial charge in [0.25, 0.3) is 0 Å². The van der Waals surface area contributed by atoms with Crippen molar-refractivity contribution in [2.45, 2.75) is 206 Å². The lowest BCUT2D eigenvalue weighted by Crippen LogP contribution is -2.67. The largest absolute Gasteiger partial charge is 0.462 e. The van der Waals surface area contributed by atoms with Crippen molar-refractivity contribution < 1.29 is 99.9 Å². The number of carbonyl (C=O) groups is 8. The second-order valence-electron chi connectivity index (χ2n) is 17.9. The van der Waals surface area contributed by atoms with Crippen LogP contribution in [0.15, 0.2) is 0 Å². The number of nitrogens with zero attached hydrogens (tertiary/aromatic N) is 1. The molecule has 2 rings (SSSR count). The van der Waals surface area contributed by atoms with Crippen LogP contribution in [0.4, 0.5) is 0 Å². The third-order valence-electron chi connectivity index (χ3n) is 12.0. The van der Waals surface area contributed by atoms with Gasteiger partial charge in [0, 0.05) is 80.1 Å². The van der Waals surface area contributed by atoms with Gasteiger partial charge in [0.2, 0.25) is 0 Å². The lowest BCUT2D eigenvalue weighted by molar-refractivity contribution is -0.346. The van der Waals surface area contributed by atoms with Crippen LogP contribution in [0.5, 0.6) is 0 Å². The monoisotopic (exact) mass is 991 g/mol. The number of methoxy groups -OCH3 is 3. The van der Waals surface area contributed by atoms with Crippen LogP contribution < -0.4 is 0 Å². The molecule has 69 heavy (non-hydrogen) atoms. The van der Waals surface area contributed by atoms with E-state index in [1.54, 1.807) is 60.5 Å². The van der Waals surface area contributed by atoms with Crippen LogP contribution in [-0.2, 0) is 99.9 Å². The standard InChI is InChI=1S/C47H77NO21/c1-16-35(54)65-33(22-37(56)60-26(4)18-19-49)43(59-15)42(32(21-38(57-13)58-14)20-25(3)34(24-50)63-29(7)51)68-46-44(64-30(8)52)40(48(11)12)41(27(5)62-46)67-39-23-47(10,69-31(9)53)45(28(6)61-39)66-36(55)17-2/h19,24-28,32-34,38-46H,16-18,20-23H2,1-15H3/t25-,26-,27-,28+,32-,33-,34+,39+,40+,41-,42+,43+,44-,45+,46+,47-/m1/s1. The lowest BCUT2D eigenvalue weighted by Gasteiger charge is -2.51. The van der Waals surface area contributed by atoms with Gasteiger partial charge in [-0.3, -0.25) is 33.6 Å². The molecule has 0 aromatic carbocycles. The van der Waals surface area contributed by atoms with E-state index < -0.39 is 146 Å². The zero-order chi connectivity index (χ0) is 52.3. The molecule has 396 valence electrons. The highest BCUT2D eigenvalue weighted by atomic mass is 16.7. The number of likely N-dealkylation sites (N-methyl/N-ethyl adjacent to an activating group) is 1. The Morgan fingerprint density at radius 1 is 0.754 bits per heavy atom. The predicted molar refractivity (Wildman–Crippen MR) is 240 cm³/mol. The molecule has 16 atom stereocenters. The second-order valence-corrected chi connectivity index (χ2v) is 17.9. The smallest absolute Gasteiger partial charge is 0.309 e. The fourth-order valence-electron chi connectivity index (χ4n) is 8.82. The van der Waals surface area contributed by atoms with Crippen molar-refractivity contribution >= 4 is 48.4 Å². The summed E-state index contributed by atoms with van der Waals surface area (Å²) in [5.74, 6) is -5.69. The van der Waals surface area contributed by atoms with Crippen LogP contribution in [0, 0.1) is 11.8 Å². The normalized spacial score (nSPS) is 27.9. The first-order valence-electron chi connectivity index (χ1n) is 23.3. The molecule has 0 spiro atoms. The molecular weight excluding hydrogens is 915 g/mol. The minimum Gasteiger partial charge on any atom is -0.462 e. The minimum absolute atomic E-state index is 0.00100. The number of ether oxygens (including phenoxy) is 13. The van der Waals surface area contributed by atoms with Gasteiger partial charge in [0.1, 0.15) is 30.7 Å². The van der Waals surface area contributed by atoms with Gasteiger partial charge < -0.3 is 71.3 Å². The first-order chi connectivity index (χ1) is 32.4. The second kappa shape index (κ2) is 29.2. The molecule has 2 heterocycles. The molecule has 0 aliphatic carbocycles. The van der Waals surface area contributed by atoms with Crippen molar-refractivity contribution in [1.82, 2.24) is 4.90 Å². The van der Waals surface area contributed by atoms with Crippen molar-refractivity contribution in [1.29, 1.82) is 0 Å². The van der Waals surface area contributed by atoms with Crippen LogP contribution in [-0.4, -0.2) is 180 Å². The summed E-state index contributed by atoms with van der Waals surface area (Å²) in [6.07, 6.45) is -14.3. The van der Waals surface area contributed by atoms with Crippen molar-refractivity contribution in [3.05, 3.63) is 0 Å². The SMILES string of the molecule is CCC(=O)O[C@H](CC(=O)O[C@H](C)CC=O)[C@H](OC)[C@@H](O[C@@H]1O[C@H](C)[C@@H](O[C@H]2C[C@@](C)(OC(C)=O)[C@@H](OC(=O)CC)[C@H](C)O2)[C@H](N(C)C)[C@H]1OC(C)=O)[C@@H](CC(OC)OC)C[C@@H](C)[C@H](C=O)OC(C)=O. The quantitative estimate of drug-likeness (QED) is 0.0451. The van der Waals surface area contributed by atoms with Gasteiger partial charge in [-0.25, -0.2) is 0 Å². The summed E-state index contributed by atoms with van der Waals surface area (Å²) in [6.45, 7) is 14.9. The molecule has 2 aliphatic heterocycles. The fourth-order valence-corrected chi connectivity index (χ4v) is 8.82. The molecule has 0 amide bonds. The van der Waals surface area contributed by atoms with E-state index in [1.165, 1.54) is 42.1 Å². The van der Waals surface area contributed by atoms with E-state index in [2.05, 4.69) is 0 Å². The van der Waals surface area contributed by atoms with Crippen LogP contribution >= 0.6 is 0 Å². The Balaban J connectivity index is 2.87. The average molecular weight is 992 g/mol. The Morgan fingerprint density at radius 3 is 1.90 bits per heavy atom. The Kier molecular flexibility index (Phi) is 25.8. The maximum absolute atomic E-state index is 13.5. The number of hydrogen-bond acceptors (Lipinski definition) is 22. The molecule has 0 unspecified atom stereocenters. The van der Waals surface area contributed by atoms with Crippen LogP contribution in [0.3, 0.4) is 0 Å². The van der Waals surface area contributed by atoms with Crippen LogP contribution in [0.1, 0.15) is 114 Å². The molecule has 0 radical (unpaired) electrons. The van der Waals surface area contributed by atoms with Crippen LogP contribution in [0.25, 0.3) is 0 Å². The topological polar surface area (TPSA) is 260 Å². The zero-order valence-corrected chi connectivity index (χ0v) is 42.9. The number of esters is 6. The van der Waals surface area contributed by atoms with Crippen molar-refractivity contribution in [3.8, 4) is 0 Å². The number of carbonyl (C=O) groups excluding carboxylic acids is 8. The fraction of sp³-hybridized carbons (Fsp3) is 0.830. The summed E-state index contributed by atoms with van der Waals surface area (Å²) >= 11 is 0. The Labute approximate surface area is 405 Å². The lowest BCUT2D eigenvalue weighted by atomic mass is 9.82. The third kappa shape index (κ3) is 18.5. The summed E-state index contributed by atoms with van der Waals surface area (Å²) < 4.78 is 78.3.